The van der Waals surface area contributed by atoms with Crippen LogP contribution in [0.3, 0.4) is 0 Å². The Morgan fingerprint density at radius 2 is 1.80 bits per heavy atom. The Balaban J connectivity index is 1.71. The lowest BCUT2D eigenvalue weighted by Crippen LogP contribution is -2.45. The normalized spacial score (nSPS) is 27.8. The molecule has 0 unspecified atom stereocenters. The van der Waals surface area contributed by atoms with E-state index in [1.807, 2.05) is 25.2 Å². The summed E-state index contributed by atoms with van der Waals surface area (Å²) in [6, 6.07) is 10.1. The van der Waals surface area contributed by atoms with Crippen molar-refractivity contribution < 1.29 is 19.4 Å². The summed E-state index contributed by atoms with van der Waals surface area (Å²) in [6.45, 7) is 3.55. The van der Waals surface area contributed by atoms with E-state index in [0.717, 1.165) is 38.9 Å². The number of rotatable bonds is 6. The quantitative estimate of drug-likeness (QED) is 0.699. The van der Waals surface area contributed by atoms with E-state index in [0.29, 0.717) is 31.7 Å². The average molecular weight is 417 g/mol. The van der Waals surface area contributed by atoms with E-state index in [1.165, 1.54) is 12.5 Å². The zero-order valence-corrected chi connectivity index (χ0v) is 18.3. The standard InChI is InChI=1S/C24H36N2O4/c1-18(27)25-17-24(20-6-4-3-5-7-20)12-8-21(22(28)9-13-24)26(2)23(29)16-19-10-14-30-15-11-19/h3-7,19,21-22,28H,8-17H2,1-2H3,(H,25,27)/t21-,22-,24+/m0/s1. The summed E-state index contributed by atoms with van der Waals surface area (Å²) in [6.07, 6.45) is 4.74. The molecular formula is C24H36N2O4. The molecular weight excluding hydrogens is 380 g/mol. The highest BCUT2D eigenvalue weighted by atomic mass is 16.5. The largest absolute Gasteiger partial charge is 0.391 e. The highest BCUT2D eigenvalue weighted by molar-refractivity contribution is 5.76. The van der Waals surface area contributed by atoms with Gasteiger partial charge in [-0.15, -0.1) is 0 Å². The molecule has 0 aromatic heterocycles. The zero-order valence-electron chi connectivity index (χ0n) is 18.3. The fourth-order valence-electron chi connectivity index (χ4n) is 4.99. The fraction of sp³-hybridized carbons (Fsp3) is 0.667. The van der Waals surface area contributed by atoms with Crippen molar-refractivity contribution in [1.29, 1.82) is 0 Å². The van der Waals surface area contributed by atoms with E-state index < -0.39 is 6.10 Å². The van der Waals surface area contributed by atoms with Crippen molar-refractivity contribution >= 4 is 11.8 Å². The topological polar surface area (TPSA) is 78.9 Å². The number of nitrogens with one attached hydrogen (secondary N) is 1. The van der Waals surface area contributed by atoms with Crippen LogP contribution in [0.4, 0.5) is 0 Å². The molecule has 166 valence electrons. The highest BCUT2D eigenvalue weighted by Crippen LogP contribution is 2.39. The van der Waals surface area contributed by atoms with Crippen molar-refractivity contribution in [2.24, 2.45) is 5.92 Å². The van der Waals surface area contributed by atoms with Gasteiger partial charge in [0.1, 0.15) is 0 Å². The molecule has 0 radical (unpaired) electrons. The van der Waals surface area contributed by atoms with Crippen LogP contribution >= 0.6 is 0 Å². The Hall–Kier alpha value is -1.92. The first-order valence-corrected chi connectivity index (χ1v) is 11.2. The lowest BCUT2D eigenvalue weighted by molar-refractivity contribution is -0.136. The molecule has 0 spiro atoms. The monoisotopic (exact) mass is 416 g/mol. The lowest BCUT2D eigenvalue weighted by Gasteiger charge is -2.34. The van der Waals surface area contributed by atoms with E-state index in [-0.39, 0.29) is 23.3 Å². The van der Waals surface area contributed by atoms with E-state index >= 15 is 0 Å². The maximum absolute atomic E-state index is 12.9. The predicted octanol–water partition coefficient (Wildman–Crippen LogP) is 2.64. The van der Waals surface area contributed by atoms with Gasteiger partial charge in [-0.25, -0.2) is 0 Å². The Morgan fingerprint density at radius 1 is 1.13 bits per heavy atom. The Morgan fingerprint density at radius 3 is 2.47 bits per heavy atom. The Kier molecular flexibility index (Phi) is 7.89. The van der Waals surface area contributed by atoms with Gasteiger partial charge in [0.2, 0.25) is 11.8 Å². The lowest BCUT2D eigenvalue weighted by atomic mass is 9.74. The summed E-state index contributed by atoms with van der Waals surface area (Å²) in [5.41, 5.74) is 0.954. The minimum atomic E-state index is -0.559. The number of benzene rings is 1. The highest BCUT2D eigenvalue weighted by Gasteiger charge is 2.40. The third-order valence-electron chi connectivity index (χ3n) is 7.04. The maximum Gasteiger partial charge on any atom is 0.222 e. The first-order valence-electron chi connectivity index (χ1n) is 11.2. The molecule has 1 saturated heterocycles. The second-order valence-electron chi connectivity index (χ2n) is 9.03. The van der Waals surface area contributed by atoms with Gasteiger partial charge in [0.15, 0.2) is 0 Å². The van der Waals surface area contributed by atoms with E-state index in [2.05, 4.69) is 17.4 Å². The van der Waals surface area contributed by atoms with Gasteiger partial charge in [-0.05, 0) is 50.0 Å². The summed E-state index contributed by atoms with van der Waals surface area (Å²) in [5.74, 6) is 0.440. The molecule has 6 nitrogen and oxygen atoms in total. The van der Waals surface area contributed by atoms with Gasteiger partial charge in [-0.2, -0.15) is 0 Å². The van der Waals surface area contributed by atoms with Crippen molar-refractivity contribution in [2.75, 3.05) is 26.8 Å². The van der Waals surface area contributed by atoms with Crippen LogP contribution in [0.2, 0.25) is 0 Å². The molecule has 2 N–H and O–H groups in total. The zero-order chi connectivity index (χ0) is 21.6. The molecule has 2 aliphatic rings. The molecule has 3 rings (SSSR count). The van der Waals surface area contributed by atoms with Gasteiger partial charge in [-0.1, -0.05) is 30.3 Å². The maximum atomic E-state index is 12.9. The minimum absolute atomic E-state index is 0.0459. The van der Waals surface area contributed by atoms with E-state index in [9.17, 15) is 14.7 Å². The van der Waals surface area contributed by atoms with Crippen LogP contribution < -0.4 is 5.32 Å². The number of likely N-dealkylation sites (N-methyl/N-ethyl adjacent to an activating group) is 1. The van der Waals surface area contributed by atoms with Crippen LogP contribution in [0, 0.1) is 5.92 Å². The molecule has 1 saturated carbocycles. The van der Waals surface area contributed by atoms with Crippen LogP contribution in [0.1, 0.15) is 57.4 Å². The second kappa shape index (κ2) is 10.4. The summed E-state index contributed by atoms with van der Waals surface area (Å²) < 4.78 is 5.40. The van der Waals surface area contributed by atoms with Crippen LogP contribution in [-0.4, -0.2) is 60.8 Å². The number of hydrogen-bond donors (Lipinski definition) is 2. The first kappa shape index (κ1) is 22.8. The van der Waals surface area contributed by atoms with E-state index in [4.69, 9.17) is 4.74 Å². The number of hydrogen-bond acceptors (Lipinski definition) is 4. The van der Waals surface area contributed by atoms with Crippen molar-refractivity contribution in [2.45, 2.75) is 69.4 Å². The number of aliphatic hydroxyl groups is 1. The van der Waals surface area contributed by atoms with Gasteiger partial charge in [-0.3, -0.25) is 9.59 Å². The molecule has 1 aliphatic carbocycles. The van der Waals surface area contributed by atoms with Crippen LogP contribution in [0.15, 0.2) is 30.3 Å². The van der Waals surface area contributed by atoms with Crippen LogP contribution in [0.5, 0.6) is 0 Å². The number of carbonyl (C=O) groups excluding carboxylic acids is 2. The predicted molar refractivity (Wildman–Crippen MR) is 116 cm³/mol. The average Bonchev–Trinajstić information content (AvgIpc) is 2.93. The number of aliphatic hydroxyl groups excluding tert-OH is 1. The van der Waals surface area contributed by atoms with Crippen molar-refractivity contribution in [3.63, 3.8) is 0 Å². The summed E-state index contributed by atoms with van der Waals surface area (Å²) in [5, 5.41) is 13.9. The molecule has 1 aromatic rings. The van der Waals surface area contributed by atoms with Gasteiger partial charge < -0.3 is 20.1 Å². The van der Waals surface area contributed by atoms with Gasteiger partial charge in [0.25, 0.3) is 0 Å². The minimum Gasteiger partial charge on any atom is -0.391 e. The molecule has 2 amide bonds. The fourth-order valence-corrected chi connectivity index (χ4v) is 4.99. The summed E-state index contributed by atoms with van der Waals surface area (Å²) in [4.78, 5) is 26.3. The SMILES string of the molecule is CC(=O)NC[C@]1(c2ccccc2)CC[C@H](O)[C@@H](N(C)C(=O)CC2CCOCC2)CC1. The van der Waals surface area contributed by atoms with Crippen LogP contribution in [0.25, 0.3) is 0 Å². The number of carbonyl (C=O) groups is 2. The van der Waals surface area contributed by atoms with Crippen LogP contribution in [-0.2, 0) is 19.7 Å². The first-order chi connectivity index (χ1) is 14.4. The number of ether oxygens (including phenoxy) is 1. The Bertz CT molecular complexity index is 704. The van der Waals surface area contributed by atoms with Crippen molar-refractivity contribution in [1.82, 2.24) is 10.2 Å². The third-order valence-corrected chi connectivity index (χ3v) is 7.04. The molecule has 30 heavy (non-hydrogen) atoms. The Labute approximate surface area is 180 Å². The molecule has 2 fully saturated rings. The second-order valence-corrected chi connectivity index (χ2v) is 9.03. The van der Waals surface area contributed by atoms with Crippen molar-refractivity contribution in [3.8, 4) is 0 Å². The molecule has 0 bridgehead atoms. The summed E-state index contributed by atoms with van der Waals surface area (Å²) >= 11 is 0. The molecule has 1 aliphatic heterocycles. The third kappa shape index (κ3) is 5.61. The van der Waals surface area contributed by atoms with Crippen molar-refractivity contribution in [3.05, 3.63) is 35.9 Å². The molecule has 3 atom stereocenters. The molecule has 1 aromatic carbocycles. The van der Waals surface area contributed by atoms with Gasteiger partial charge in [0, 0.05) is 45.6 Å². The van der Waals surface area contributed by atoms with E-state index in [1.54, 1.807) is 4.90 Å². The summed E-state index contributed by atoms with van der Waals surface area (Å²) in [7, 11) is 1.83. The molecule has 6 heteroatoms. The smallest absolute Gasteiger partial charge is 0.222 e. The molecule has 1 heterocycles. The number of amides is 2. The van der Waals surface area contributed by atoms with Gasteiger partial charge in [0.05, 0.1) is 12.1 Å². The number of nitrogens with zero attached hydrogens (tertiary/aromatic N) is 1. The van der Waals surface area contributed by atoms with Gasteiger partial charge >= 0.3 is 0 Å².